The Labute approximate surface area is 88.1 Å². The van der Waals surface area contributed by atoms with E-state index in [0.717, 1.165) is 18.9 Å². The fourth-order valence-electron chi connectivity index (χ4n) is 1.44. The second kappa shape index (κ2) is 4.50. The molecule has 0 bridgehead atoms. The third-order valence-corrected chi connectivity index (χ3v) is 3.14. The molecule has 1 aromatic heterocycles. The van der Waals surface area contributed by atoms with E-state index in [-0.39, 0.29) is 0 Å². The van der Waals surface area contributed by atoms with Gasteiger partial charge in [0.15, 0.2) is 0 Å². The van der Waals surface area contributed by atoms with Crippen molar-refractivity contribution in [2.45, 2.75) is 0 Å². The Morgan fingerprint density at radius 2 is 2.21 bits per heavy atom. The van der Waals surface area contributed by atoms with Crippen LogP contribution < -0.4 is 10.2 Å². The van der Waals surface area contributed by atoms with Crippen molar-refractivity contribution in [3.05, 3.63) is 12.3 Å². The number of aromatic nitrogens is 2. The zero-order valence-electron chi connectivity index (χ0n) is 8.23. The van der Waals surface area contributed by atoms with Crippen LogP contribution in [0.3, 0.4) is 0 Å². The summed E-state index contributed by atoms with van der Waals surface area (Å²) in [7, 11) is 1.84. The largest absolute Gasteiger partial charge is 0.357 e. The lowest BCUT2D eigenvalue weighted by Crippen LogP contribution is -2.33. The molecule has 14 heavy (non-hydrogen) atoms. The van der Waals surface area contributed by atoms with Crippen LogP contribution in [0.5, 0.6) is 0 Å². The fourth-order valence-corrected chi connectivity index (χ4v) is 2.34. The fraction of sp³-hybridized carbons (Fsp3) is 0.556. The maximum absolute atomic E-state index is 4.41. The number of nitrogens with one attached hydrogen (secondary N) is 1. The molecule has 1 fully saturated rings. The Bertz CT molecular complexity index is 299. The summed E-state index contributed by atoms with van der Waals surface area (Å²) in [5.41, 5.74) is 0. The van der Waals surface area contributed by atoms with Crippen LogP contribution >= 0.6 is 11.8 Å². The minimum Gasteiger partial charge on any atom is -0.357 e. The van der Waals surface area contributed by atoms with E-state index in [2.05, 4.69) is 20.2 Å². The summed E-state index contributed by atoms with van der Waals surface area (Å²) in [5.74, 6) is 4.11. The zero-order chi connectivity index (χ0) is 9.80. The highest BCUT2D eigenvalue weighted by Crippen LogP contribution is 2.17. The van der Waals surface area contributed by atoms with Gasteiger partial charge < -0.3 is 10.2 Å². The number of anilines is 2. The average molecular weight is 210 g/mol. The summed E-state index contributed by atoms with van der Waals surface area (Å²) < 4.78 is 0. The molecule has 0 radical (unpaired) electrons. The lowest BCUT2D eigenvalue weighted by Gasteiger charge is -2.27. The summed E-state index contributed by atoms with van der Waals surface area (Å²) in [6, 6.07) is 1.97. The second-order valence-corrected chi connectivity index (χ2v) is 4.31. The van der Waals surface area contributed by atoms with Crippen LogP contribution in [0.1, 0.15) is 0 Å². The van der Waals surface area contributed by atoms with E-state index < -0.39 is 0 Å². The lowest BCUT2D eigenvalue weighted by molar-refractivity contribution is 0.836. The van der Waals surface area contributed by atoms with Crippen molar-refractivity contribution in [2.75, 3.05) is 41.9 Å². The first-order valence-electron chi connectivity index (χ1n) is 4.73. The summed E-state index contributed by atoms with van der Waals surface area (Å²) in [6.45, 7) is 2.18. The molecule has 5 heteroatoms. The van der Waals surface area contributed by atoms with E-state index in [0.29, 0.717) is 5.95 Å². The maximum Gasteiger partial charge on any atom is 0.224 e. The van der Waals surface area contributed by atoms with Crippen LogP contribution in [0.15, 0.2) is 12.3 Å². The average Bonchev–Trinajstić information content (AvgIpc) is 2.30. The highest BCUT2D eigenvalue weighted by atomic mass is 32.2. The van der Waals surface area contributed by atoms with Crippen LogP contribution in [0.2, 0.25) is 0 Å². The van der Waals surface area contributed by atoms with Crippen LogP contribution in [0.25, 0.3) is 0 Å². The number of thioether (sulfide) groups is 1. The topological polar surface area (TPSA) is 41.1 Å². The van der Waals surface area contributed by atoms with E-state index in [9.17, 15) is 0 Å². The smallest absolute Gasteiger partial charge is 0.224 e. The van der Waals surface area contributed by atoms with Gasteiger partial charge in [-0.2, -0.15) is 16.7 Å². The van der Waals surface area contributed by atoms with Crippen LogP contribution in [-0.2, 0) is 0 Å². The van der Waals surface area contributed by atoms with Crippen molar-refractivity contribution < 1.29 is 0 Å². The molecule has 76 valence electrons. The predicted molar refractivity (Wildman–Crippen MR) is 61.1 cm³/mol. The van der Waals surface area contributed by atoms with Gasteiger partial charge in [0.25, 0.3) is 0 Å². The molecule has 2 rings (SSSR count). The van der Waals surface area contributed by atoms with Crippen molar-refractivity contribution in [2.24, 2.45) is 0 Å². The molecule has 1 N–H and O–H groups in total. The van der Waals surface area contributed by atoms with Gasteiger partial charge in [0.05, 0.1) is 0 Å². The second-order valence-electron chi connectivity index (χ2n) is 3.09. The van der Waals surface area contributed by atoms with Gasteiger partial charge in [0.2, 0.25) is 5.95 Å². The molecular formula is C9H14N4S. The molecule has 1 saturated heterocycles. The first kappa shape index (κ1) is 9.58. The van der Waals surface area contributed by atoms with Gasteiger partial charge in [-0.15, -0.1) is 0 Å². The van der Waals surface area contributed by atoms with Gasteiger partial charge >= 0.3 is 0 Å². The zero-order valence-corrected chi connectivity index (χ0v) is 9.05. The van der Waals surface area contributed by atoms with Crippen molar-refractivity contribution >= 4 is 23.5 Å². The molecule has 1 aliphatic rings. The number of hydrogen-bond acceptors (Lipinski definition) is 5. The molecule has 2 heterocycles. The van der Waals surface area contributed by atoms with Crippen LogP contribution in [0.4, 0.5) is 11.8 Å². The minimum atomic E-state index is 0.695. The molecule has 0 aliphatic carbocycles. The first-order valence-corrected chi connectivity index (χ1v) is 5.89. The normalized spacial score (nSPS) is 16.8. The van der Waals surface area contributed by atoms with E-state index in [1.807, 2.05) is 24.9 Å². The Hall–Kier alpha value is -0.970. The molecular weight excluding hydrogens is 196 g/mol. The van der Waals surface area contributed by atoms with E-state index in [4.69, 9.17) is 0 Å². The van der Waals surface area contributed by atoms with Crippen molar-refractivity contribution in [3.8, 4) is 0 Å². The third kappa shape index (κ3) is 2.09. The van der Waals surface area contributed by atoms with Gasteiger partial charge in [-0.25, -0.2) is 4.98 Å². The summed E-state index contributed by atoms with van der Waals surface area (Å²) in [6.07, 6.45) is 1.80. The molecule has 0 aromatic carbocycles. The quantitative estimate of drug-likeness (QED) is 0.791. The van der Waals surface area contributed by atoms with E-state index in [1.54, 1.807) is 6.20 Å². The number of hydrogen-bond donors (Lipinski definition) is 1. The SMILES string of the molecule is CNc1nccc(N2CCSCC2)n1. The summed E-state index contributed by atoms with van der Waals surface area (Å²) >= 11 is 2.00. The van der Waals surface area contributed by atoms with Crippen molar-refractivity contribution in [3.63, 3.8) is 0 Å². The monoisotopic (exact) mass is 210 g/mol. The molecule has 0 unspecified atom stereocenters. The lowest BCUT2D eigenvalue weighted by atomic mass is 10.4. The standard InChI is InChI=1S/C9H14N4S/c1-10-9-11-3-2-8(12-9)13-4-6-14-7-5-13/h2-3H,4-7H2,1H3,(H,10,11,12). The highest BCUT2D eigenvalue weighted by molar-refractivity contribution is 7.99. The third-order valence-electron chi connectivity index (χ3n) is 2.20. The first-order chi connectivity index (χ1) is 6.90. The van der Waals surface area contributed by atoms with Gasteiger partial charge in [0.1, 0.15) is 5.82 Å². The molecule has 0 amide bonds. The summed E-state index contributed by atoms with van der Waals surface area (Å²) in [5, 5.41) is 2.95. The van der Waals surface area contributed by atoms with Gasteiger partial charge in [-0.05, 0) is 6.07 Å². The Morgan fingerprint density at radius 3 is 2.93 bits per heavy atom. The maximum atomic E-state index is 4.41. The molecule has 1 aromatic rings. The molecule has 1 aliphatic heterocycles. The van der Waals surface area contributed by atoms with Crippen molar-refractivity contribution in [1.82, 2.24) is 9.97 Å². The van der Waals surface area contributed by atoms with E-state index >= 15 is 0 Å². The van der Waals surface area contributed by atoms with Crippen LogP contribution in [0, 0.1) is 0 Å². The minimum absolute atomic E-state index is 0.695. The molecule has 0 saturated carbocycles. The van der Waals surface area contributed by atoms with E-state index in [1.165, 1.54) is 11.5 Å². The molecule has 4 nitrogen and oxygen atoms in total. The Morgan fingerprint density at radius 1 is 1.43 bits per heavy atom. The van der Waals surface area contributed by atoms with Gasteiger partial charge in [-0.1, -0.05) is 0 Å². The Balaban J connectivity index is 2.13. The molecule has 0 spiro atoms. The Kier molecular flexibility index (Phi) is 3.08. The van der Waals surface area contributed by atoms with Crippen molar-refractivity contribution in [1.29, 1.82) is 0 Å². The highest BCUT2D eigenvalue weighted by Gasteiger charge is 2.12. The van der Waals surface area contributed by atoms with Crippen LogP contribution in [-0.4, -0.2) is 41.6 Å². The number of rotatable bonds is 2. The van der Waals surface area contributed by atoms with Gasteiger partial charge in [-0.3, -0.25) is 0 Å². The number of nitrogens with zero attached hydrogens (tertiary/aromatic N) is 3. The van der Waals surface area contributed by atoms with Gasteiger partial charge in [0, 0.05) is 37.8 Å². The summed E-state index contributed by atoms with van der Waals surface area (Å²) in [4.78, 5) is 10.8. The predicted octanol–water partition coefficient (Wildman–Crippen LogP) is 1.07. The molecule has 0 atom stereocenters.